The largest absolute Gasteiger partial charge is 0.397 e. The van der Waals surface area contributed by atoms with Crippen LogP contribution < -0.4 is 11.1 Å². The first-order chi connectivity index (χ1) is 8.08. The van der Waals surface area contributed by atoms with E-state index in [0.29, 0.717) is 16.9 Å². The Morgan fingerprint density at radius 1 is 1.06 bits per heavy atom. The average Bonchev–Trinajstić information content (AvgIpc) is 2.30. The van der Waals surface area contributed by atoms with Gasteiger partial charge >= 0.3 is 0 Å². The van der Waals surface area contributed by atoms with Crippen LogP contribution in [0.15, 0.2) is 36.4 Å². The first kappa shape index (κ1) is 11.5. The first-order valence-corrected chi connectivity index (χ1v) is 5.46. The normalized spacial score (nSPS) is 10.3. The zero-order valence-corrected chi connectivity index (χ0v) is 9.92. The van der Waals surface area contributed by atoms with Crippen molar-refractivity contribution in [3.05, 3.63) is 53.3 Å². The number of hydrogen-bond acceptors (Lipinski definition) is 2. The van der Waals surface area contributed by atoms with E-state index in [1.54, 1.807) is 19.1 Å². The van der Waals surface area contributed by atoms with Crippen molar-refractivity contribution in [1.29, 1.82) is 0 Å². The molecule has 0 spiro atoms. The Balaban J connectivity index is 2.38. The average molecular weight is 230 g/mol. The molecule has 2 nitrogen and oxygen atoms in total. The number of aryl methyl sites for hydroxylation is 2. The van der Waals surface area contributed by atoms with Gasteiger partial charge in [0.05, 0.1) is 17.1 Å². The highest BCUT2D eigenvalue weighted by Gasteiger charge is 2.06. The van der Waals surface area contributed by atoms with Crippen molar-refractivity contribution in [1.82, 2.24) is 0 Å². The first-order valence-electron chi connectivity index (χ1n) is 5.46. The fourth-order valence-corrected chi connectivity index (χ4v) is 1.67. The molecule has 3 N–H and O–H groups in total. The third kappa shape index (κ3) is 2.38. The van der Waals surface area contributed by atoms with Gasteiger partial charge in [-0.25, -0.2) is 4.39 Å². The molecule has 0 aliphatic heterocycles. The molecule has 0 aliphatic rings. The van der Waals surface area contributed by atoms with Crippen LogP contribution >= 0.6 is 0 Å². The van der Waals surface area contributed by atoms with Gasteiger partial charge in [0.15, 0.2) is 0 Å². The minimum atomic E-state index is -0.242. The number of benzene rings is 2. The maximum atomic E-state index is 13.8. The van der Waals surface area contributed by atoms with E-state index in [2.05, 4.69) is 5.32 Å². The summed E-state index contributed by atoms with van der Waals surface area (Å²) in [6, 6.07) is 10.9. The molecule has 0 saturated heterocycles. The van der Waals surface area contributed by atoms with Gasteiger partial charge in [-0.1, -0.05) is 18.2 Å². The van der Waals surface area contributed by atoms with E-state index in [0.717, 1.165) is 11.3 Å². The lowest BCUT2D eigenvalue weighted by molar-refractivity contribution is 0.622. The van der Waals surface area contributed by atoms with Crippen molar-refractivity contribution in [3.8, 4) is 0 Å². The maximum absolute atomic E-state index is 13.8. The lowest BCUT2D eigenvalue weighted by atomic mass is 10.1. The van der Waals surface area contributed by atoms with Gasteiger partial charge in [-0.05, 0) is 43.2 Å². The molecule has 0 aliphatic carbocycles. The standard InChI is InChI=1S/C14H15FN2/c1-9-6-7-11(16)13(8-9)17-12-5-3-4-10(2)14(12)15/h3-8,17H,16H2,1-2H3. The van der Waals surface area contributed by atoms with Crippen LogP contribution in [0.25, 0.3) is 0 Å². The van der Waals surface area contributed by atoms with E-state index in [1.807, 2.05) is 31.2 Å². The SMILES string of the molecule is Cc1ccc(N)c(Nc2cccc(C)c2F)c1. The van der Waals surface area contributed by atoms with Gasteiger partial charge in [-0.2, -0.15) is 0 Å². The minimum Gasteiger partial charge on any atom is -0.397 e. The Labute approximate surface area is 100 Å². The van der Waals surface area contributed by atoms with Gasteiger partial charge < -0.3 is 11.1 Å². The Morgan fingerprint density at radius 2 is 1.82 bits per heavy atom. The number of rotatable bonds is 2. The van der Waals surface area contributed by atoms with Crippen molar-refractivity contribution in [2.24, 2.45) is 0 Å². The molecule has 17 heavy (non-hydrogen) atoms. The van der Waals surface area contributed by atoms with Crippen LogP contribution in [-0.4, -0.2) is 0 Å². The quantitative estimate of drug-likeness (QED) is 0.771. The van der Waals surface area contributed by atoms with E-state index >= 15 is 0 Å². The lowest BCUT2D eigenvalue weighted by Crippen LogP contribution is -1.99. The van der Waals surface area contributed by atoms with Crippen LogP contribution in [0.1, 0.15) is 11.1 Å². The second-order valence-corrected chi connectivity index (χ2v) is 4.15. The third-order valence-corrected chi connectivity index (χ3v) is 2.67. The van der Waals surface area contributed by atoms with Crippen LogP contribution in [0.2, 0.25) is 0 Å². The van der Waals surface area contributed by atoms with Crippen molar-refractivity contribution in [2.45, 2.75) is 13.8 Å². The summed E-state index contributed by atoms with van der Waals surface area (Å²) in [6.07, 6.45) is 0. The summed E-state index contributed by atoms with van der Waals surface area (Å²) in [7, 11) is 0. The predicted octanol–water partition coefficient (Wildman–Crippen LogP) is 3.77. The molecule has 0 unspecified atom stereocenters. The zero-order chi connectivity index (χ0) is 12.4. The van der Waals surface area contributed by atoms with E-state index in [9.17, 15) is 4.39 Å². The second-order valence-electron chi connectivity index (χ2n) is 4.15. The van der Waals surface area contributed by atoms with Crippen molar-refractivity contribution in [2.75, 3.05) is 11.1 Å². The summed E-state index contributed by atoms with van der Waals surface area (Å²) in [6.45, 7) is 3.71. The van der Waals surface area contributed by atoms with Crippen LogP contribution in [0.4, 0.5) is 21.5 Å². The Hall–Kier alpha value is -2.03. The molecule has 0 atom stereocenters. The predicted molar refractivity (Wildman–Crippen MR) is 70.0 cm³/mol. The number of nitrogens with one attached hydrogen (secondary N) is 1. The molecule has 3 heteroatoms. The second kappa shape index (κ2) is 4.45. The molecule has 0 saturated carbocycles. The summed E-state index contributed by atoms with van der Waals surface area (Å²) < 4.78 is 13.8. The Kier molecular flexibility index (Phi) is 3.00. The van der Waals surface area contributed by atoms with Crippen molar-refractivity contribution < 1.29 is 4.39 Å². The van der Waals surface area contributed by atoms with Gasteiger partial charge in [-0.3, -0.25) is 0 Å². The Bertz CT molecular complexity index is 550. The molecule has 0 radical (unpaired) electrons. The number of nitrogen functional groups attached to an aromatic ring is 1. The fraction of sp³-hybridized carbons (Fsp3) is 0.143. The van der Waals surface area contributed by atoms with E-state index in [1.165, 1.54) is 0 Å². The van der Waals surface area contributed by atoms with Gasteiger partial charge in [0, 0.05) is 0 Å². The lowest BCUT2D eigenvalue weighted by Gasteiger charge is -2.11. The smallest absolute Gasteiger partial charge is 0.149 e. The monoisotopic (exact) mass is 230 g/mol. The molecule has 0 amide bonds. The molecule has 2 rings (SSSR count). The molecular weight excluding hydrogens is 215 g/mol. The van der Waals surface area contributed by atoms with E-state index in [4.69, 9.17) is 5.73 Å². The molecule has 0 aromatic heterocycles. The van der Waals surface area contributed by atoms with E-state index < -0.39 is 0 Å². The summed E-state index contributed by atoms with van der Waals surface area (Å²) in [4.78, 5) is 0. The summed E-state index contributed by atoms with van der Waals surface area (Å²) in [5.74, 6) is -0.242. The van der Waals surface area contributed by atoms with Crippen molar-refractivity contribution >= 4 is 17.1 Å². The third-order valence-electron chi connectivity index (χ3n) is 2.67. The zero-order valence-electron chi connectivity index (χ0n) is 9.92. The van der Waals surface area contributed by atoms with Gasteiger partial charge in [-0.15, -0.1) is 0 Å². The molecular formula is C14H15FN2. The molecule has 0 fully saturated rings. The highest BCUT2D eigenvalue weighted by Crippen LogP contribution is 2.26. The number of halogens is 1. The summed E-state index contributed by atoms with van der Waals surface area (Å²) in [5, 5.41) is 3.02. The van der Waals surface area contributed by atoms with E-state index in [-0.39, 0.29) is 5.82 Å². The number of hydrogen-bond donors (Lipinski definition) is 2. The van der Waals surface area contributed by atoms with Gasteiger partial charge in [0.25, 0.3) is 0 Å². The van der Waals surface area contributed by atoms with Crippen LogP contribution in [0.5, 0.6) is 0 Å². The highest BCUT2D eigenvalue weighted by atomic mass is 19.1. The van der Waals surface area contributed by atoms with Gasteiger partial charge in [0.2, 0.25) is 0 Å². The fourth-order valence-electron chi connectivity index (χ4n) is 1.67. The topological polar surface area (TPSA) is 38.0 Å². The summed E-state index contributed by atoms with van der Waals surface area (Å²) in [5.41, 5.74) is 9.32. The molecule has 0 bridgehead atoms. The van der Waals surface area contributed by atoms with Gasteiger partial charge in [0.1, 0.15) is 5.82 Å². The van der Waals surface area contributed by atoms with Crippen LogP contribution in [0.3, 0.4) is 0 Å². The van der Waals surface area contributed by atoms with Crippen LogP contribution in [-0.2, 0) is 0 Å². The number of nitrogens with two attached hydrogens (primary N) is 1. The molecule has 88 valence electrons. The molecule has 2 aromatic rings. The summed E-state index contributed by atoms with van der Waals surface area (Å²) >= 11 is 0. The number of anilines is 3. The Morgan fingerprint density at radius 3 is 2.59 bits per heavy atom. The highest BCUT2D eigenvalue weighted by molar-refractivity contribution is 5.73. The van der Waals surface area contributed by atoms with Crippen molar-refractivity contribution in [3.63, 3.8) is 0 Å². The van der Waals surface area contributed by atoms with Crippen LogP contribution in [0, 0.1) is 19.7 Å². The maximum Gasteiger partial charge on any atom is 0.149 e. The molecule has 2 aromatic carbocycles. The minimum absolute atomic E-state index is 0.242. The molecule has 0 heterocycles.